The van der Waals surface area contributed by atoms with E-state index in [2.05, 4.69) is 22.6 Å². The Bertz CT molecular complexity index is 473. The third-order valence-corrected chi connectivity index (χ3v) is 5.90. The Hall–Kier alpha value is -0.530. The van der Waals surface area contributed by atoms with E-state index in [-0.39, 0.29) is 35.7 Å². The second-order valence-corrected chi connectivity index (χ2v) is 8.73. The summed E-state index contributed by atoms with van der Waals surface area (Å²) in [7, 11) is 0. The lowest BCUT2D eigenvalue weighted by molar-refractivity contribution is -0.141. The molecule has 0 aromatic carbocycles. The van der Waals surface area contributed by atoms with Crippen molar-refractivity contribution >= 4 is 34.7 Å². The van der Waals surface area contributed by atoms with Crippen molar-refractivity contribution in [2.24, 2.45) is 5.41 Å². The Labute approximate surface area is 145 Å². The summed E-state index contributed by atoms with van der Waals surface area (Å²) in [6.07, 6.45) is 4.05. The fraction of sp³-hybridized carbons (Fsp3) is 0.875. The van der Waals surface area contributed by atoms with E-state index < -0.39 is 5.60 Å². The van der Waals surface area contributed by atoms with Crippen LogP contribution in [-0.2, 0) is 14.3 Å². The van der Waals surface area contributed by atoms with Gasteiger partial charge < -0.3 is 14.4 Å². The van der Waals surface area contributed by atoms with Gasteiger partial charge in [0.2, 0.25) is 0 Å². The highest BCUT2D eigenvalue weighted by Crippen LogP contribution is 2.53. The van der Waals surface area contributed by atoms with Crippen LogP contribution in [0, 0.1) is 5.41 Å². The molecule has 1 amide bonds. The zero-order chi connectivity index (χ0) is 16.1. The molecule has 5 nitrogen and oxygen atoms in total. The topological polar surface area (TPSA) is 55.8 Å². The normalized spacial score (nSPS) is 37.5. The summed E-state index contributed by atoms with van der Waals surface area (Å²) in [4.78, 5) is 26.2. The molecule has 0 aromatic heterocycles. The van der Waals surface area contributed by atoms with Gasteiger partial charge in [0, 0.05) is 21.9 Å². The minimum absolute atomic E-state index is 0.00415. The summed E-state index contributed by atoms with van der Waals surface area (Å²) in [6, 6.07) is 0.377. The number of piperidine rings is 1. The Morgan fingerprint density at radius 2 is 1.95 bits per heavy atom. The molecule has 3 aliphatic heterocycles. The number of cyclic esters (lactones) is 1. The van der Waals surface area contributed by atoms with Crippen LogP contribution in [0.2, 0.25) is 0 Å². The molecule has 3 rings (SSSR count). The van der Waals surface area contributed by atoms with Crippen LogP contribution < -0.4 is 0 Å². The molecule has 3 heterocycles. The largest absolute Gasteiger partial charge is 0.461 e. The number of fused-ring (bicyclic) bond motifs is 2. The number of carbonyl (C=O) groups excluding carboxylic acids is 2. The molecule has 2 bridgehead atoms. The van der Waals surface area contributed by atoms with E-state index in [4.69, 9.17) is 9.47 Å². The van der Waals surface area contributed by atoms with Crippen LogP contribution in [0.1, 0.15) is 52.9 Å². The maximum absolute atomic E-state index is 12.5. The highest BCUT2D eigenvalue weighted by atomic mass is 127. The first-order chi connectivity index (χ1) is 10.2. The molecule has 0 saturated carbocycles. The fourth-order valence-electron chi connectivity index (χ4n) is 4.33. The number of esters is 1. The Morgan fingerprint density at radius 1 is 1.36 bits per heavy atom. The standard InChI is InChI=1S/C16H24INO4/c1-15(2,3)22-14(20)18-10-4-5-11(18)7-16(6-10)8-13(19)21-12(16)9-17/h10-12H,4-9H2,1-3H3. The minimum atomic E-state index is -0.469. The maximum Gasteiger partial charge on any atom is 0.410 e. The Balaban J connectivity index is 1.77. The first kappa shape index (κ1) is 16.3. The van der Waals surface area contributed by atoms with Gasteiger partial charge in [-0.25, -0.2) is 4.79 Å². The van der Waals surface area contributed by atoms with Gasteiger partial charge in [-0.3, -0.25) is 4.79 Å². The van der Waals surface area contributed by atoms with Gasteiger partial charge in [0.1, 0.15) is 11.7 Å². The van der Waals surface area contributed by atoms with Gasteiger partial charge >= 0.3 is 12.1 Å². The number of alkyl halides is 1. The van der Waals surface area contributed by atoms with Gasteiger partial charge in [-0.15, -0.1) is 0 Å². The predicted octanol–water partition coefficient (Wildman–Crippen LogP) is 3.29. The lowest BCUT2D eigenvalue weighted by atomic mass is 9.70. The molecule has 3 saturated heterocycles. The molecule has 0 aliphatic carbocycles. The van der Waals surface area contributed by atoms with E-state index in [1.165, 1.54) is 0 Å². The van der Waals surface area contributed by atoms with Crippen molar-refractivity contribution < 1.29 is 19.1 Å². The Morgan fingerprint density at radius 3 is 2.45 bits per heavy atom. The number of ether oxygens (including phenoxy) is 2. The minimum Gasteiger partial charge on any atom is -0.461 e. The summed E-state index contributed by atoms with van der Waals surface area (Å²) in [5.74, 6) is -0.0771. The molecule has 22 heavy (non-hydrogen) atoms. The van der Waals surface area contributed by atoms with Gasteiger partial charge in [0.15, 0.2) is 0 Å². The number of rotatable bonds is 1. The molecule has 1 spiro atoms. The third kappa shape index (κ3) is 2.83. The number of amides is 1. The second-order valence-electron chi connectivity index (χ2n) is 7.85. The van der Waals surface area contributed by atoms with Crippen molar-refractivity contribution in [3.05, 3.63) is 0 Å². The fourth-order valence-corrected chi connectivity index (χ4v) is 5.44. The first-order valence-corrected chi connectivity index (χ1v) is 9.53. The quantitative estimate of drug-likeness (QED) is 0.371. The van der Waals surface area contributed by atoms with E-state index >= 15 is 0 Å². The molecule has 3 aliphatic rings. The lowest BCUT2D eigenvalue weighted by Crippen LogP contribution is -2.53. The zero-order valence-corrected chi connectivity index (χ0v) is 15.6. The Kier molecular flexibility index (Phi) is 4.10. The summed E-state index contributed by atoms with van der Waals surface area (Å²) >= 11 is 2.30. The first-order valence-electron chi connectivity index (χ1n) is 8.01. The summed E-state index contributed by atoms with van der Waals surface area (Å²) in [5, 5.41) is 0. The zero-order valence-electron chi connectivity index (χ0n) is 13.4. The number of halogens is 1. The highest BCUT2D eigenvalue weighted by Gasteiger charge is 2.58. The van der Waals surface area contributed by atoms with Crippen molar-refractivity contribution in [3.63, 3.8) is 0 Å². The molecule has 0 radical (unpaired) electrons. The highest BCUT2D eigenvalue weighted by molar-refractivity contribution is 14.1. The SMILES string of the molecule is CC(C)(C)OC(=O)N1C2CCC1CC1(CC(=O)OC1CI)C2. The molecule has 3 atom stereocenters. The molecule has 124 valence electrons. The van der Waals surface area contributed by atoms with E-state index in [1.807, 2.05) is 25.7 Å². The molecule has 3 unspecified atom stereocenters. The van der Waals surface area contributed by atoms with Crippen LogP contribution >= 0.6 is 22.6 Å². The average molecular weight is 421 g/mol. The van der Waals surface area contributed by atoms with Gasteiger partial charge in [-0.1, -0.05) is 22.6 Å². The van der Waals surface area contributed by atoms with Gasteiger partial charge in [0.05, 0.1) is 6.42 Å². The van der Waals surface area contributed by atoms with Crippen LogP contribution in [0.15, 0.2) is 0 Å². The monoisotopic (exact) mass is 421 g/mol. The maximum atomic E-state index is 12.5. The molecule has 3 fully saturated rings. The van der Waals surface area contributed by atoms with Gasteiger partial charge in [-0.05, 0) is 46.5 Å². The van der Waals surface area contributed by atoms with Gasteiger partial charge in [0.25, 0.3) is 0 Å². The average Bonchev–Trinajstić information content (AvgIpc) is 2.83. The van der Waals surface area contributed by atoms with Crippen molar-refractivity contribution in [3.8, 4) is 0 Å². The van der Waals surface area contributed by atoms with Crippen molar-refractivity contribution in [1.82, 2.24) is 4.90 Å². The van der Waals surface area contributed by atoms with Crippen LogP contribution in [0.25, 0.3) is 0 Å². The predicted molar refractivity (Wildman–Crippen MR) is 89.9 cm³/mol. The van der Waals surface area contributed by atoms with Crippen molar-refractivity contribution in [2.75, 3.05) is 4.43 Å². The molecule has 0 N–H and O–H groups in total. The van der Waals surface area contributed by atoms with Crippen molar-refractivity contribution in [1.29, 1.82) is 0 Å². The number of hydrogen-bond acceptors (Lipinski definition) is 4. The summed E-state index contributed by atoms with van der Waals surface area (Å²) in [6.45, 7) is 5.69. The lowest BCUT2D eigenvalue weighted by Gasteiger charge is -2.45. The molecular weight excluding hydrogens is 397 g/mol. The van der Waals surface area contributed by atoms with Crippen LogP contribution in [0.3, 0.4) is 0 Å². The van der Waals surface area contributed by atoms with E-state index in [9.17, 15) is 9.59 Å². The third-order valence-electron chi connectivity index (χ3n) is 5.10. The van der Waals surface area contributed by atoms with Crippen LogP contribution in [0.5, 0.6) is 0 Å². The molecule has 0 aromatic rings. The summed E-state index contributed by atoms with van der Waals surface area (Å²) in [5.41, 5.74) is -0.536. The number of hydrogen-bond donors (Lipinski definition) is 0. The van der Waals surface area contributed by atoms with Gasteiger partial charge in [-0.2, -0.15) is 0 Å². The number of nitrogens with zero attached hydrogens (tertiary/aromatic N) is 1. The van der Waals surface area contributed by atoms with Crippen LogP contribution in [0.4, 0.5) is 4.79 Å². The second kappa shape index (κ2) is 5.53. The molecular formula is C16H24INO4. The number of carbonyl (C=O) groups is 2. The smallest absolute Gasteiger partial charge is 0.410 e. The van der Waals surface area contributed by atoms with E-state index in [0.717, 1.165) is 30.1 Å². The van der Waals surface area contributed by atoms with Crippen molar-refractivity contribution in [2.45, 2.75) is 76.7 Å². The van der Waals surface area contributed by atoms with E-state index in [0.29, 0.717) is 6.42 Å². The molecule has 6 heteroatoms. The van der Waals surface area contributed by atoms with Crippen LogP contribution in [-0.4, -0.2) is 45.2 Å². The summed E-state index contributed by atoms with van der Waals surface area (Å²) < 4.78 is 11.9. The van der Waals surface area contributed by atoms with E-state index in [1.54, 1.807) is 0 Å².